The van der Waals surface area contributed by atoms with Gasteiger partial charge in [-0.1, -0.05) is 12.1 Å². The molecule has 0 spiro atoms. The molecule has 2 rings (SSSR count). The van der Waals surface area contributed by atoms with Gasteiger partial charge in [0.05, 0.1) is 5.69 Å². The number of aromatic nitrogens is 1. The van der Waals surface area contributed by atoms with Crippen molar-refractivity contribution in [2.45, 2.75) is 18.5 Å². The molecule has 0 atom stereocenters. The SMILES string of the molecule is CCN(c1cccc(F)c1)S(=O)(=O)c1ccc(CN)cn1. The minimum absolute atomic E-state index is 0.0918. The summed E-state index contributed by atoms with van der Waals surface area (Å²) in [6.07, 6.45) is 1.42. The van der Waals surface area contributed by atoms with E-state index in [1.54, 1.807) is 19.1 Å². The number of nitrogens with zero attached hydrogens (tertiary/aromatic N) is 2. The average Bonchev–Trinajstić information content (AvgIpc) is 2.48. The summed E-state index contributed by atoms with van der Waals surface area (Å²) >= 11 is 0. The van der Waals surface area contributed by atoms with Gasteiger partial charge >= 0.3 is 0 Å². The summed E-state index contributed by atoms with van der Waals surface area (Å²) in [5.74, 6) is -0.493. The molecule has 1 heterocycles. The van der Waals surface area contributed by atoms with Gasteiger partial charge in [0.25, 0.3) is 10.0 Å². The van der Waals surface area contributed by atoms with Crippen molar-refractivity contribution in [3.8, 4) is 0 Å². The zero-order valence-electron chi connectivity index (χ0n) is 11.5. The molecule has 112 valence electrons. The van der Waals surface area contributed by atoms with Gasteiger partial charge in [-0.3, -0.25) is 4.31 Å². The molecule has 7 heteroatoms. The largest absolute Gasteiger partial charge is 0.326 e. The number of pyridine rings is 1. The molecule has 2 aromatic rings. The Morgan fingerprint density at radius 1 is 1.29 bits per heavy atom. The van der Waals surface area contributed by atoms with Gasteiger partial charge < -0.3 is 5.73 Å². The minimum atomic E-state index is -3.83. The van der Waals surface area contributed by atoms with Gasteiger partial charge in [0.1, 0.15) is 5.82 Å². The fraction of sp³-hybridized carbons (Fsp3) is 0.214. The molecule has 5 nitrogen and oxygen atoms in total. The first-order valence-corrected chi connectivity index (χ1v) is 7.86. The first-order chi connectivity index (χ1) is 9.98. The van der Waals surface area contributed by atoms with Crippen LogP contribution in [0, 0.1) is 5.82 Å². The predicted octanol–water partition coefficient (Wildman–Crippen LogP) is 1.89. The fourth-order valence-corrected chi connectivity index (χ4v) is 3.30. The Balaban J connectivity index is 2.44. The number of hydrogen-bond donors (Lipinski definition) is 1. The van der Waals surface area contributed by atoms with Crippen LogP contribution in [0.5, 0.6) is 0 Å². The van der Waals surface area contributed by atoms with Crippen LogP contribution >= 0.6 is 0 Å². The average molecular weight is 309 g/mol. The van der Waals surface area contributed by atoms with Crippen molar-refractivity contribution < 1.29 is 12.8 Å². The van der Waals surface area contributed by atoms with Crippen LogP contribution < -0.4 is 10.0 Å². The van der Waals surface area contributed by atoms with Crippen LogP contribution in [0.2, 0.25) is 0 Å². The lowest BCUT2D eigenvalue weighted by Gasteiger charge is -2.22. The summed E-state index contributed by atoms with van der Waals surface area (Å²) in [7, 11) is -3.83. The van der Waals surface area contributed by atoms with Crippen molar-refractivity contribution in [1.82, 2.24) is 4.98 Å². The van der Waals surface area contributed by atoms with Gasteiger partial charge in [-0.05, 0) is 36.8 Å². The molecule has 0 aliphatic heterocycles. The highest BCUT2D eigenvalue weighted by Gasteiger charge is 2.25. The third-order valence-electron chi connectivity index (χ3n) is 2.97. The molecule has 0 radical (unpaired) electrons. The topological polar surface area (TPSA) is 76.3 Å². The number of anilines is 1. The quantitative estimate of drug-likeness (QED) is 0.915. The summed E-state index contributed by atoms with van der Waals surface area (Å²) in [5.41, 5.74) is 6.47. The van der Waals surface area contributed by atoms with E-state index in [4.69, 9.17) is 5.73 Å². The smallest absolute Gasteiger partial charge is 0.281 e. The van der Waals surface area contributed by atoms with Crippen LogP contribution in [0.25, 0.3) is 0 Å². The predicted molar refractivity (Wildman–Crippen MR) is 78.7 cm³/mol. The van der Waals surface area contributed by atoms with E-state index >= 15 is 0 Å². The molecule has 0 unspecified atom stereocenters. The molecular formula is C14H16FN3O2S. The van der Waals surface area contributed by atoms with E-state index in [9.17, 15) is 12.8 Å². The van der Waals surface area contributed by atoms with Crippen LogP contribution in [0.3, 0.4) is 0 Å². The maximum Gasteiger partial charge on any atom is 0.281 e. The van der Waals surface area contributed by atoms with Crippen molar-refractivity contribution in [2.24, 2.45) is 5.73 Å². The van der Waals surface area contributed by atoms with Gasteiger partial charge in [0, 0.05) is 19.3 Å². The standard InChI is InChI=1S/C14H16FN3O2S/c1-2-18(13-5-3-4-12(15)8-13)21(19,20)14-7-6-11(9-16)10-17-14/h3-8,10H,2,9,16H2,1H3. The lowest BCUT2D eigenvalue weighted by atomic mass is 10.3. The van der Waals surface area contributed by atoms with Crippen molar-refractivity contribution in [3.05, 3.63) is 54.0 Å². The molecule has 0 bridgehead atoms. The van der Waals surface area contributed by atoms with E-state index in [0.29, 0.717) is 0 Å². The maximum atomic E-state index is 13.3. The summed E-state index contributed by atoms with van der Waals surface area (Å²) in [6, 6.07) is 8.46. The zero-order valence-corrected chi connectivity index (χ0v) is 12.3. The molecule has 0 fully saturated rings. The molecule has 0 amide bonds. The Bertz CT molecular complexity index is 717. The van der Waals surface area contributed by atoms with E-state index in [1.807, 2.05) is 0 Å². The molecule has 2 N–H and O–H groups in total. The summed E-state index contributed by atoms with van der Waals surface area (Å²) < 4.78 is 39.6. The zero-order chi connectivity index (χ0) is 15.5. The molecule has 21 heavy (non-hydrogen) atoms. The number of sulfonamides is 1. The Morgan fingerprint density at radius 3 is 2.57 bits per heavy atom. The molecular weight excluding hydrogens is 293 g/mol. The lowest BCUT2D eigenvalue weighted by molar-refractivity contribution is 0.587. The normalized spacial score (nSPS) is 11.4. The second-order valence-corrected chi connectivity index (χ2v) is 6.17. The van der Waals surface area contributed by atoms with Gasteiger partial charge in [-0.2, -0.15) is 8.42 Å². The van der Waals surface area contributed by atoms with Crippen LogP contribution in [-0.4, -0.2) is 19.9 Å². The van der Waals surface area contributed by atoms with Crippen molar-refractivity contribution in [3.63, 3.8) is 0 Å². The highest BCUT2D eigenvalue weighted by Crippen LogP contribution is 2.23. The number of halogens is 1. The molecule has 0 saturated heterocycles. The highest BCUT2D eigenvalue weighted by molar-refractivity contribution is 7.92. The molecule has 0 aliphatic carbocycles. The number of hydrogen-bond acceptors (Lipinski definition) is 4. The van der Waals surface area contributed by atoms with Crippen LogP contribution in [-0.2, 0) is 16.6 Å². The van der Waals surface area contributed by atoms with Gasteiger partial charge in [-0.15, -0.1) is 0 Å². The van der Waals surface area contributed by atoms with Gasteiger partial charge in [-0.25, -0.2) is 9.37 Å². The first-order valence-electron chi connectivity index (χ1n) is 6.42. The fourth-order valence-electron chi connectivity index (χ4n) is 1.92. The second kappa shape index (κ2) is 6.19. The summed E-state index contributed by atoms with van der Waals surface area (Å²) in [5, 5.41) is -0.0918. The Kier molecular flexibility index (Phi) is 4.54. The molecule has 1 aromatic heterocycles. The number of benzene rings is 1. The van der Waals surface area contributed by atoms with Crippen LogP contribution in [0.15, 0.2) is 47.6 Å². The second-order valence-electron chi connectivity index (χ2n) is 4.36. The molecule has 0 aliphatic rings. The third-order valence-corrected chi connectivity index (χ3v) is 4.79. The summed E-state index contributed by atoms with van der Waals surface area (Å²) in [4.78, 5) is 3.93. The Hall–Kier alpha value is -1.99. The van der Waals surface area contributed by atoms with Crippen LogP contribution in [0.1, 0.15) is 12.5 Å². The monoisotopic (exact) mass is 309 g/mol. The van der Waals surface area contributed by atoms with E-state index in [2.05, 4.69) is 4.98 Å². The van der Waals surface area contributed by atoms with Gasteiger partial charge in [0.2, 0.25) is 0 Å². The molecule has 1 aromatic carbocycles. The Labute approximate surface area is 123 Å². The van der Waals surface area contributed by atoms with Crippen LogP contribution in [0.4, 0.5) is 10.1 Å². The van der Waals surface area contributed by atoms with E-state index in [0.717, 1.165) is 9.87 Å². The Morgan fingerprint density at radius 2 is 2.05 bits per heavy atom. The highest BCUT2D eigenvalue weighted by atomic mass is 32.2. The van der Waals surface area contributed by atoms with Crippen molar-refractivity contribution in [1.29, 1.82) is 0 Å². The van der Waals surface area contributed by atoms with Crippen molar-refractivity contribution >= 4 is 15.7 Å². The first kappa shape index (κ1) is 15.4. The lowest BCUT2D eigenvalue weighted by Crippen LogP contribution is -2.31. The van der Waals surface area contributed by atoms with Crippen molar-refractivity contribution in [2.75, 3.05) is 10.8 Å². The maximum absolute atomic E-state index is 13.3. The molecule has 0 saturated carbocycles. The van der Waals surface area contributed by atoms with E-state index in [1.165, 1.54) is 30.5 Å². The van der Waals surface area contributed by atoms with E-state index < -0.39 is 15.8 Å². The summed E-state index contributed by atoms with van der Waals surface area (Å²) in [6.45, 7) is 2.14. The third kappa shape index (κ3) is 3.20. The van der Waals surface area contributed by atoms with Gasteiger partial charge in [0.15, 0.2) is 5.03 Å². The minimum Gasteiger partial charge on any atom is -0.326 e. The van der Waals surface area contributed by atoms with E-state index in [-0.39, 0.29) is 23.8 Å². The number of rotatable bonds is 5. The number of nitrogens with two attached hydrogens (primary N) is 1.